The lowest BCUT2D eigenvalue weighted by molar-refractivity contribution is 0.355. The Labute approximate surface area is 99.5 Å². The molecule has 0 radical (unpaired) electrons. The van der Waals surface area contributed by atoms with Gasteiger partial charge in [0.05, 0.1) is 0 Å². The van der Waals surface area contributed by atoms with Gasteiger partial charge in [-0.05, 0) is 49.9 Å². The zero-order valence-corrected chi connectivity index (χ0v) is 10.7. The highest BCUT2D eigenvalue weighted by molar-refractivity contribution is 5.09. The number of aryl methyl sites for hydroxylation is 1. The van der Waals surface area contributed by atoms with Crippen LogP contribution in [0.3, 0.4) is 0 Å². The molecular formula is C14H24N2. The molecule has 16 heavy (non-hydrogen) atoms. The highest BCUT2D eigenvalue weighted by Crippen LogP contribution is 2.15. The maximum atomic E-state index is 4.04. The van der Waals surface area contributed by atoms with Crippen molar-refractivity contribution in [3.05, 3.63) is 30.1 Å². The summed E-state index contributed by atoms with van der Waals surface area (Å²) < 4.78 is 0. The number of rotatable bonds is 7. The van der Waals surface area contributed by atoms with Crippen LogP contribution in [0.25, 0.3) is 0 Å². The van der Waals surface area contributed by atoms with E-state index >= 15 is 0 Å². The Morgan fingerprint density at radius 1 is 1.25 bits per heavy atom. The van der Waals surface area contributed by atoms with E-state index in [9.17, 15) is 0 Å². The van der Waals surface area contributed by atoms with Gasteiger partial charge in [0, 0.05) is 18.4 Å². The number of nitrogens with one attached hydrogen (secondary N) is 1. The van der Waals surface area contributed by atoms with Crippen molar-refractivity contribution in [3.63, 3.8) is 0 Å². The van der Waals surface area contributed by atoms with Crippen LogP contribution in [0.1, 0.15) is 38.7 Å². The molecule has 1 rings (SSSR count). The number of nitrogens with zero attached hydrogens (tertiary/aromatic N) is 1. The highest BCUT2D eigenvalue weighted by Gasteiger charge is 2.13. The highest BCUT2D eigenvalue weighted by atomic mass is 14.9. The Morgan fingerprint density at radius 2 is 1.94 bits per heavy atom. The minimum atomic E-state index is 0.633. The van der Waals surface area contributed by atoms with Crippen molar-refractivity contribution in [3.8, 4) is 0 Å². The Morgan fingerprint density at radius 3 is 2.50 bits per heavy atom. The zero-order chi connectivity index (χ0) is 11.8. The van der Waals surface area contributed by atoms with Gasteiger partial charge in [0.15, 0.2) is 0 Å². The van der Waals surface area contributed by atoms with Crippen LogP contribution >= 0.6 is 0 Å². The van der Waals surface area contributed by atoms with Crippen molar-refractivity contribution in [2.75, 3.05) is 7.05 Å². The van der Waals surface area contributed by atoms with Crippen molar-refractivity contribution in [2.24, 2.45) is 5.92 Å². The van der Waals surface area contributed by atoms with E-state index in [1.807, 2.05) is 12.4 Å². The predicted molar refractivity (Wildman–Crippen MR) is 69.5 cm³/mol. The van der Waals surface area contributed by atoms with Gasteiger partial charge in [-0.2, -0.15) is 0 Å². The average Bonchev–Trinajstić information content (AvgIpc) is 2.31. The van der Waals surface area contributed by atoms with Crippen LogP contribution in [0.2, 0.25) is 0 Å². The monoisotopic (exact) mass is 220 g/mol. The Balaban J connectivity index is 2.39. The third-order valence-electron chi connectivity index (χ3n) is 3.30. The first-order chi connectivity index (χ1) is 7.77. The van der Waals surface area contributed by atoms with Gasteiger partial charge in [0.25, 0.3) is 0 Å². The first-order valence-electron chi connectivity index (χ1n) is 6.34. The molecule has 0 saturated carbocycles. The van der Waals surface area contributed by atoms with Gasteiger partial charge in [0.2, 0.25) is 0 Å². The molecule has 0 amide bonds. The maximum Gasteiger partial charge on any atom is 0.0270 e. The third kappa shape index (κ3) is 4.31. The van der Waals surface area contributed by atoms with Gasteiger partial charge in [-0.15, -0.1) is 0 Å². The van der Waals surface area contributed by atoms with Crippen LogP contribution < -0.4 is 5.32 Å². The van der Waals surface area contributed by atoms with Crippen molar-refractivity contribution < 1.29 is 0 Å². The van der Waals surface area contributed by atoms with Crippen molar-refractivity contribution in [1.29, 1.82) is 0 Å². The van der Waals surface area contributed by atoms with Crippen LogP contribution in [-0.2, 0) is 6.42 Å². The second kappa shape index (κ2) is 7.39. The minimum Gasteiger partial charge on any atom is -0.317 e. The van der Waals surface area contributed by atoms with Gasteiger partial charge in [-0.3, -0.25) is 4.98 Å². The second-order valence-electron chi connectivity index (χ2n) is 4.56. The van der Waals surface area contributed by atoms with E-state index in [0.717, 1.165) is 12.3 Å². The van der Waals surface area contributed by atoms with E-state index in [1.54, 1.807) is 0 Å². The quantitative estimate of drug-likeness (QED) is 0.764. The van der Waals surface area contributed by atoms with E-state index in [2.05, 4.69) is 43.3 Å². The van der Waals surface area contributed by atoms with Gasteiger partial charge in [-0.25, -0.2) is 0 Å². The van der Waals surface area contributed by atoms with Crippen LogP contribution in [0.15, 0.2) is 24.5 Å². The largest absolute Gasteiger partial charge is 0.317 e. The fourth-order valence-corrected chi connectivity index (χ4v) is 2.24. The van der Waals surface area contributed by atoms with Crippen molar-refractivity contribution in [1.82, 2.24) is 10.3 Å². The Kier molecular flexibility index (Phi) is 6.09. The molecule has 2 heteroatoms. The van der Waals surface area contributed by atoms with E-state index in [4.69, 9.17) is 0 Å². The predicted octanol–water partition coefficient (Wildman–Crippen LogP) is 3.04. The molecule has 1 aromatic rings. The molecule has 1 N–H and O–H groups in total. The Hall–Kier alpha value is -0.890. The number of aromatic nitrogens is 1. The van der Waals surface area contributed by atoms with Crippen LogP contribution in [0, 0.1) is 5.92 Å². The van der Waals surface area contributed by atoms with Gasteiger partial charge in [0.1, 0.15) is 0 Å². The zero-order valence-electron chi connectivity index (χ0n) is 10.7. The smallest absolute Gasteiger partial charge is 0.0270 e. The maximum absolute atomic E-state index is 4.04. The van der Waals surface area contributed by atoms with Crippen LogP contribution in [0.4, 0.5) is 0 Å². The standard InChI is InChI=1S/C14H24N2/c1-4-5-12(2)14(15-3)7-6-13-8-10-16-11-9-13/h8-12,14-15H,4-7H2,1-3H3. The molecule has 0 aliphatic rings. The van der Waals surface area contributed by atoms with Crippen LogP contribution in [0.5, 0.6) is 0 Å². The van der Waals surface area contributed by atoms with Gasteiger partial charge >= 0.3 is 0 Å². The average molecular weight is 220 g/mol. The number of pyridine rings is 1. The van der Waals surface area contributed by atoms with Gasteiger partial charge < -0.3 is 5.32 Å². The lowest BCUT2D eigenvalue weighted by Gasteiger charge is -2.23. The normalized spacial score (nSPS) is 14.7. The number of hydrogen-bond acceptors (Lipinski definition) is 2. The molecule has 1 heterocycles. The summed E-state index contributed by atoms with van der Waals surface area (Å²) in [6.07, 6.45) is 8.68. The summed E-state index contributed by atoms with van der Waals surface area (Å²) in [4.78, 5) is 4.04. The van der Waals surface area contributed by atoms with Crippen molar-refractivity contribution >= 4 is 0 Å². The SMILES string of the molecule is CCCC(C)C(CCc1ccncc1)NC. The van der Waals surface area contributed by atoms with E-state index in [-0.39, 0.29) is 0 Å². The second-order valence-corrected chi connectivity index (χ2v) is 4.56. The molecule has 0 bridgehead atoms. The summed E-state index contributed by atoms with van der Waals surface area (Å²) in [6.45, 7) is 4.60. The summed E-state index contributed by atoms with van der Waals surface area (Å²) in [5, 5.41) is 3.44. The molecule has 0 aliphatic heterocycles. The lowest BCUT2D eigenvalue weighted by Crippen LogP contribution is -2.32. The first kappa shape index (κ1) is 13.2. The molecule has 0 aromatic carbocycles. The first-order valence-corrected chi connectivity index (χ1v) is 6.34. The van der Waals surface area contributed by atoms with Crippen molar-refractivity contribution in [2.45, 2.75) is 45.6 Å². The fourth-order valence-electron chi connectivity index (χ4n) is 2.24. The summed E-state index contributed by atoms with van der Waals surface area (Å²) >= 11 is 0. The molecule has 1 aromatic heterocycles. The third-order valence-corrected chi connectivity index (χ3v) is 3.30. The number of hydrogen-bond donors (Lipinski definition) is 1. The van der Waals surface area contributed by atoms with E-state index in [0.29, 0.717) is 6.04 Å². The summed E-state index contributed by atoms with van der Waals surface area (Å²) in [6, 6.07) is 4.85. The van der Waals surface area contributed by atoms with Crippen LogP contribution in [-0.4, -0.2) is 18.1 Å². The molecule has 2 nitrogen and oxygen atoms in total. The molecular weight excluding hydrogens is 196 g/mol. The molecule has 90 valence electrons. The Bertz CT molecular complexity index is 271. The molecule has 0 fully saturated rings. The summed E-state index contributed by atoms with van der Waals surface area (Å²) in [5.41, 5.74) is 1.39. The molecule has 0 aliphatic carbocycles. The lowest BCUT2D eigenvalue weighted by atomic mass is 9.92. The molecule has 2 atom stereocenters. The minimum absolute atomic E-state index is 0.633. The van der Waals surface area contributed by atoms with E-state index < -0.39 is 0 Å². The molecule has 2 unspecified atom stereocenters. The molecule has 0 saturated heterocycles. The summed E-state index contributed by atoms with van der Waals surface area (Å²) in [5.74, 6) is 0.761. The topological polar surface area (TPSA) is 24.9 Å². The van der Waals surface area contributed by atoms with E-state index in [1.165, 1.54) is 24.8 Å². The molecule has 0 spiro atoms. The van der Waals surface area contributed by atoms with Gasteiger partial charge in [-0.1, -0.05) is 20.3 Å². The summed E-state index contributed by atoms with van der Waals surface area (Å²) in [7, 11) is 2.07. The fraction of sp³-hybridized carbons (Fsp3) is 0.643.